The molecular weight excluding hydrogens is 338 g/mol. The fraction of sp³-hybridized carbons (Fsp3) is 0.188. The third-order valence-electron chi connectivity index (χ3n) is 2.95. The molecule has 0 aliphatic heterocycles. The zero-order chi connectivity index (χ0) is 14.5. The molecule has 0 aliphatic carbocycles. The number of hydrogen-bond donors (Lipinski definition) is 1. The third-order valence-corrected chi connectivity index (χ3v) is 3.81. The summed E-state index contributed by atoms with van der Waals surface area (Å²) in [6, 6.07) is 15.0. The topological polar surface area (TPSA) is 29.1 Å². The summed E-state index contributed by atoms with van der Waals surface area (Å²) in [5.41, 5.74) is 1.68. The van der Waals surface area contributed by atoms with Gasteiger partial charge in [0, 0.05) is 21.1 Å². The van der Waals surface area contributed by atoms with Gasteiger partial charge in [-0.1, -0.05) is 51.8 Å². The van der Waals surface area contributed by atoms with Gasteiger partial charge in [0.1, 0.15) is 0 Å². The van der Waals surface area contributed by atoms with Gasteiger partial charge in [0.2, 0.25) is 0 Å². The largest absolute Gasteiger partial charge is 0.349 e. The van der Waals surface area contributed by atoms with E-state index >= 15 is 0 Å². The fourth-order valence-electron chi connectivity index (χ4n) is 1.98. The van der Waals surface area contributed by atoms with Crippen LogP contribution in [0.4, 0.5) is 0 Å². The van der Waals surface area contributed by atoms with Crippen molar-refractivity contribution in [2.75, 3.05) is 0 Å². The number of nitrogens with one attached hydrogen (secondary N) is 1. The molecule has 2 nitrogen and oxygen atoms in total. The van der Waals surface area contributed by atoms with Crippen molar-refractivity contribution >= 4 is 33.4 Å². The Bertz CT molecular complexity index is 615. The highest BCUT2D eigenvalue weighted by Crippen LogP contribution is 2.17. The van der Waals surface area contributed by atoms with E-state index in [1.165, 1.54) is 0 Å². The maximum Gasteiger partial charge on any atom is 0.251 e. The average molecular weight is 353 g/mol. The summed E-state index contributed by atoms with van der Waals surface area (Å²) < 4.78 is 0.893. The van der Waals surface area contributed by atoms with Crippen LogP contribution in [0.15, 0.2) is 53.0 Å². The summed E-state index contributed by atoms with van der Waals surface area (Å²) in [6.45, 7) is 1.97. The smallest absolute Gasteiger partial charge is 0.251 e. The summed E-state index contributed by atoms with van der Waals surface area (Å²) >= 11 is 9.49. The molecule has 1 atom stereocenters. The van der Waals surface area contributed by atoms with Crippen LogP contribution in [0.2, 0.25) is 5.02 Å². The van der Waals surface area contributed by atoms with Crippen molar-refractivity contribution in [2.24, 2.45) is 0 Å². The molecule has 4 heteroatoms. The second kappa shape index (κ2) is 6.91. The zero-order valence-corrected chi connectivity index (χ0v) is 13.4. The molecule has 2 rings (SSSR count). The Morgan fingerprint density at radius 3 is 2.70 bits per heavy atom. The lowest BCUT2D eigenvalue weighted by atomic mass is 10.1. The van der Waals surface area contributed by atoms with E-state index in [-0.39, 0.29) is 11.9 Å². The number of amides is 1. The predicted molar refractivity (Wildman–Crippen MR) is 86.2 cm³/mol. The lowest BCUT2D eigenvalue weighted by molar-refractivity contribution is 0.0940. The van der Waals surface area contributed by atoms with E-state index in [1.54, 1.807) is 12.1 Å². The van der Waals surface area contributed by atoms with E-state index in [4.69, 9.17) is 11.6 Å². The van der Waals surface area contributed by atoms with Gasteiger partial charge in [-0.2, -0.15) is 0 Å². The lowest BCUT2D eigenvalue weighted by Gasteiger charge is -2.15. The molecule has 0 saturated carbocycles. The minimum Gasteiger partial charge on any atom is -0.349 e. The van der Waals surface area contributed by atoms with Crippen molar-refractivity contribution in [1.29, 1.82) is 0 Å². The van der Waals surface area contributed by atoms with Gasteiger partial charge < -0.3 is 5.32 Å². The van der Waals surface area contributed by atoms with Gasteiger partial charge in [-0.25, -0.2) is 0 Å². The summed E-state index contributed by atoms with van der Waals surface area (Å²) in [4.78, 5) is 12.1. The lowest BCUT2D eigenvalue weighted by Crippen LogP contribution is -2.34. The van der Waals surface area contributed by atoms with Gasteiger partial charge in [0.25, 0.3) is 5.91 Å². The highest BCUT2D eigenvalue weighted by atomic mass is 79.9. The second-order valence-corrected chi connectivity index (χ2v) is 6.00. The second-order valence-electron chi connectivity index (χ2n) is 4.68. The maximum atomic E-state index is 12.1. The van der Waals surface area contributed by atoms with Crippen LogP contribution in [-0.4, -0.2) is 11.9 Å². The first-order chi connectivity index (χ1) is 9.56. The first-order valence-electron chi connectivity index (χ1n) is 6.36. The number of halogens is 2. The predicted octanol–water partition coefficient (Wildman–Crippen LogP) is 4.46. The number of rotatable bonds is 4. The summed E-state index contributed by atoms with van der Waals surface area (Å²) in [5.74, 6) is -0.0779. The van der Waals surface area contributed by atoms with Crippen molar-refractivity contribution in [1.82, 2.24) is 5.32 Å². The SMILES string of the molecule is CC(Cc1ccccc1Cl)NC(=O)c1cccc(Br)c1. The molecule has 0 radical (unpaired) electrons. The molecule has 20 heavy (non-hydrogen) atoms. The van der Waals surface area contributed by atoms with E-state index in [2.05, 4.69) is 21.2 Å². The molecule has 0 heterocycles. The molecular formula is C16H15BrClNO. The van der Waals surface area contributed by atoms with E-state index < -0.39 is 0 Å². The van der Waals surface area contributed by atoms with Crippen LogP contribution in [0, 0.1) is 0 Å². The van der Waals surface area contributed by atoms with Gasteiger partial charge in [0.05, 0.1) is 0 Å². The molecule has 0 saturated heterocycles. The van der Waals surface area contributed by atoms with E-state index in [9.17, 15) is 4.79 Å². The van der Waals surface area contributed by atoms with Crippen LogP contribution in [0.3, 0.4) is 0 Å². The number of carbonyl (C=O) groups is 1. The third kappa shape index (κ3) is 4.09. The van der Waals surface area contributed by atoms with E-state index in [0.29, 0.717) is 12.0 Å². The van der Waals surface area contributed by atoms with Crippen LogP contribution in [0.1, 0.15) is 22.8 Å². The van der Waals surface area contributed by atoms with Gasteiger partial charge >= 0.3 is 0 Å². The quantitative estimate of drug-likeness (QED) is 0.864. The highest BCUT2D eigenvalue weighted by Gasteiger charge is 2.11. The Balaban J connectivity index is 2.00. The minimum absolute atomic E-state index is 0.0152. The summed E-state index contributed by atoms with van der Waals surface area (Å²) in [6.07, 6.45) is 0.708. The van der Waals surface area contributed by atoms with Crippen molar-refractivity contribution in [3.8, 4) is 0 Å². The maximum absolute atomic E-state index is 12.1. The Labute approximate surface area is 132 Å². The molecule has 2 aromatic carbocycles. The van der Waals surface area contributed by atoms with Gasteiger partial charge in [0.15, 0.2) is 0 Å². The molecule has 2 aromatic rings. The normalized spacial score (nSPS) is 11.9. The van der Waals surface area contributed by atoms with Gasteiger partial charge in [-0.15, -0.1) is 0 Å². The number of hydrogen-bond acceptors (Lipinski definition) is 1. The summed E-state index contributed by atoms with van der Waals surface area (Å²) in [5, 5.41) is 3.71. The standard InChI is InChI=1S/C16H15BrClNO/c1-11(9-12-5-2-3-8-15(12)18)19-16(20)13-6-4-7-14(17)10-13/h2-8,10-11H,9H2,1H3,(H,19,20). The number of benzene rings is 2. The van der Waals surface area contributed by atoms with Crippen molar-refractivity contribution in [3.05, 3.63) is 69.2 Å². The molecule has 1 N–H and O–H groups in total. The Hall–Kier alpha value is -1.32. The first-order valence-corrected chi connectivity index (χ1v) is 7.53. The Kier molecular flexibility index (Phi) is 5.21. The zero-order valence-electron chi connectivity index (χ0n) is 11.1. The van der Waals surface area contributed by atoms with Gasteiger partial charge in [-0.05, 0) is 43.2 Å². The van der Waals surface area contributed by atoms with Crippen molar-refractivity contribution in [2.45, 2.75) is 19.4 Å². The van der Waals surface area contributed by atoms with E-state index in [1.807, 2.05) is 43.3 Å². The molecule has 0 fully saturated rings. The van der Waals surface area contributed by atoms with Crippen molar-refractivity contribution < 1.29 is 4.79 Å². The van der Waals surface area contributed by atoms with Crippen LogP contribution < -0.4 is 5.32 Å². The Morgan fingerprint density at radius 1 is 1.25 bits per heavy atom. The summed E-state index contributed by atoms with van der Waals surface area (Å²) in [7, 11) is 0. The molecule has 0 spiro atoms. The minimum atomic E-state index is -0.0779. The van der Waals surface area contributed by atoms with Gasteiger partial charge in [-0.3, -0.25) is 4.79 Å². The van der Waals surface area contributed by atoms with E-state index in [0.717, 1.165) is 15.1 Å². The molecule has 0 aromatic heterocycles. The average Bonchev–Trinajstić information content (AvgIpc) is 2.41. The molecule has 1 unspecified atom stereocenters. The first kappa shape index (κ1) is 15.1. The van der Waals surface area contributed by atoms with Crippen molar-refractivity contribution in [3.63, 3.8) is 0 Å². The molecule has 104 valence electrons. The highest BCUT2D eigenvalue weighted by molar-refractivity contribution is 9.10. The molecule has 0 aliphatic rings. The Morgan fingerprint density at radius 2 is 2.00 bits per heavy atom. The molecule has 1 amide bonds. The monoisotopic (exact) mass is 351 g/mol. The van der Waals surface area contributed by atoms with Crippen LogP contribution in [0.5, 0.6) is 0 Å². The van der Waals surface area contributed by atoms with Crippen LogP contribution >= 0.6 is 27.5 Å². The van der Waals surface area contributed by atoms with Crippen LogP contribution in [-0.2, 0) is 6.42 Å². The molecule has 0 bridgehead atoms. The van der Waals surface area contributed by atoms with Crippen LogP contribution in [0.25, 0.3) is 0 Å². The number of carbonyl (C=O) groups excluding carboxylic acids is 1. The fourth-order valence-corrected chi connectivity index (χ4v) is 2.59.